The van der Waals surface area contributed by atoms with Crippen LogP contribution in [0.15, 0.2) is 36.5 Å². The van der Waals surface area contributed by atoms with Crippen molar-refractivity contribution in [2.45, 2.75) is 32.5 Å². The molecular weight excluding hydrogens is 290 g/mol. The Hall–Kier alpha value is -1.76. The molecule has 0 radical (unpaired) electrons. The van der Waals surface area contributed by atoms with Gasteiger partial charge in [-0.2, -0.15) is 15.0 Å². The van der Waals surface area contributed by atoms with Gasteiger partial charge in [-0.25, -0.2) is 0 Å². The summed E-state index contributed by atoms with van der Waals surface area (Å²) in [5.74, 6) is 0. The molecule has 1 aliphatic heterocycles. The highest BCUT2D eigenvalue weighted by molar-refractivity contribution is 5.28. The van der Waals surface area contributed by atoms with E-state index in [9.17, 15) is 5.11 Å². The lowest BCUT2D eigenvalue weighted by molar-refractivity contribution is 0.0418. The molecule has 6 heteroatoms. The maximum Gasteiger partial charge on any atom is 0.0971 e. The average Bonchev–Trinajstić information content (AvgIpc) is 2.99. The monoisotopic (exact) mass is 315 g/mol. The summed E-state index contributed by atoms with van der Waals surface area (Å²) in [5, 5.41) is 18.5. The molecule has 1 saturated heterocycles. The first kappa shape index (κ1) is 16.1. The van der Waals surface area contributed by atoms with E-state index >= 15 is 0 Å². The van der Waals surface area contributed by atoms with Crippen molar-refractivity contribution in [3.05, 3.63) is 42.2 Å². The molecule has 124 valence electrons. The van der Waals surface area contributed by atoms with Crippen molar-refractivity contribution >= 4 is 0 Å². The zero-order valence-corrected chi connectivity index (χ0v) is 13.8. The van der Waals surface area contributed by atoms with E-state index in [0.717, 1.165) is 44.1 Å². The van der Waals surface area contributed by atoms with E-state index in [0.29, 0.717) is 6.04 Å². The summed E-state index contributed by atoms with van der Waals surface area (Å²) >= 11 is 0. The van der Waals surface area contributed by atoms with Gasteiger partial charge < -0.3 is 5.11 Å². The first-order valence-corrected chi connectivity index (χ1v) is 8.23. The summed E-state index contributed by atoms with van der Waals surface area (Å²) in [5.41, 5.74) is 1.97. The van der Waals surface area contributed by atoms with Crippen molar-refractivity contribution in [3.63, 3.8) is 0 Å². The van der Waals surface area contributed by atoms with E-state index in [1.807, 2.05) is 43.5 Å². The summed E-state index contributed by atoms with van der Waals surface area (Å²) in [6.45, 7) is 8.61. The van der Waals surface area contributed by atoms with Gasteiger partial charge in [-0.1, -0.05) is 18.2 Å². The summed E-state index contributed by atoms with van der Waals surface area (Å²) in [6.07, 6.45) is 1.58. The molecule has 1 aromatic carbocycles. The molecule has 1 aromatic heterocycles. The fraction of sp³-hybridized carbons (Fsp3) is 0.529. The number of hydrogen-bond acceptors (Lipinski definition) is 5. The van der Waals surface area contributed by atoms with Crippen LogP contribution in [0.5, 0.6) is 0 Å². The first-order chi connectivity index (χ1) is 11.1. The predicted octanol–water partition coefficient (Wildman–Crippen LogP) is 1.15. The third kappa shape index (κ3) is 4.16. The third-order valence-corrected chi connectivity index (χ3v) is 4.26. The van der Waals surface area contributed by atoms with Gasteiger partial charge >= 0.3 is 0 Å². The molecule has 1 N–H and O–H groups in total. The van der Waals surface area contributed by atoms with Crippen LogP contribution in [0.25, 0.3) is 5.69 Å². The highest BCUT2D eigenvalue weighted by atomic mass is 16.3. The van der Waals surface area contributed by atoms with Gasteiger partial charge in [-0.15, -0.1) is 0 Å². The minimum Gasteiger partial charge on any atom is -0.392 e. The largest absolute Gasteiger partial charge is 0.392 e. The van der Waals surface area contributed by atoms with Gasteiger partial charge in [0, 0.05) is 38.8 Å². The first-order valence-electron chi connectivity index (χ1n) is 8.23. The molecule has 0 aliphatic carbocycles. The molecule has 1 aliphatic rings. The number of benzene rings is 1. The molecule has 0 saturated carbocycles. The molecule has 23 heavy (non-hydrogen) atoms. The minimum atomic E-state index is -0.269. The lowest BCUT2D eigenvalue weighted by Crippen LogP contribution is -2.53. The van der Waals surface area contributed by atoms with Gasteiger partial charge in [0.2, 0.25) is 0 Å². The fourth-order valence-corrected chi connectivity index (χ4v) is 3.11. The molecule has 2 heterocycles. The molecule has 0 bridgehead atoms. The Morgan fingerprint density at radius 1 is 1.26 bits per heavy atom. The highest BCUT2D eigenvalue weighted by Gasteiger charge is 2.24. The number of aromatic nitrogens is 3. The maximum atomic E-state index is 9.56. The van der Waals surface area contributed by atoms with E-state index in [-0.39, 0.29) is 6.10 Å². The summed E-state index contributed by atoms with van der Waals surface area (Å²) in [4.78, 5) is 6.44. The Morgan fingerprint density at radius 3 is 2.74 bits per heavy atom. The Bertz CT molecular complexity index is 612. The molecule has 0 amide bonds. The predicted molar refractivity (Wildman–Crippen MR) is 89.4 cm³/mol. The number of nitrogens with zero attached hydrogens (tertiary/aromatic N) is 5. The van der Waals surface area contributed by atoms with Gasteiger partial charge in [0.05, 0.1) is 23.7 Å². The third-order valence-electron chi connectivity index (χ3n) is 4.26. The number of para-hydroxylation sites is 1. The van der Waals surface area contributed by atoms with Crippen LogP contribution >= 0.6 is 0 Å². The van der Waals surface area contributed by atoms with Gasteiger partial charge in [-0.05, 0) is 26.0 Å². The number of hydrogen-bond donors (Lipinski definition) is 1. The Balaban J connectivity index is 1.58. The second-order valence-corrected chi connectivity index (χ2v) is 6.39. The second kappa shape index (κ2) is 7.21. The van der Waals surface area contributed by atoms with Gasteiger partial charge in [-0.3, -0.25) is 9.80 Å². The van der Waals surface area contributed by atoms with Crippen molar-refractivity contribution in [2.24, 2.45) is 0 Å². The van der Waals surface area contributed by atoms with Crippen LogP contribution in [-0.4, -0.2) is 68.2 Å². The van der Waals surface area contributed by atoms with Crippen molar-refractivity contribution in [1.29, 1.82) is 0 Å². The number of aliphatic hydroxyl groups excluding tert-OH is 1. The molecular formula is C17H25N5O. The van der Waals surface area contributed by atoms with Gasteiger partial charge in [0.15, 0.2) is 0 Å². The summed E-state index contributed by atoms with van der Waals surface area (Å²) in [7, 11) is 0. The quantitative estimate of drug-likeness (QED) is 0.897. The topological polar surface area (TPSA) is 57.4 Å². The Labute approximate surface area is 137 Å². The molecule has 1 fully saturated rings. The van der Waals surface area contributed by atoms with E-state index in [2.05, 4.69) is 26.9 Å². The van der Waals surface area contributed by atoms with Crippen molar-refractivity contribution < 1.29 is 5.11 Å². The lowest BCUT2D eigenvalue weighted by atomic mass is 10.1. The molecule has 6 nitrogen and oxygen atoms in total. The number of piperazine rings is 1. The standard InChI is InChI=1S/C17H25N5O/c1-14-11-20(8-9-21(14)12-15(2)23)13-16-10-18-22(19-16)17-6-4-3-5-7-17/h3-7,10,14-15,23H,8-9,11-13H2,1-2H3. The highest BCUT2D eigenvalue weighted by Crippen LogP contribution is 2.13. The Morgan fingerprint density at radius 2 is 2.04 bits per heavy atom. The van der Waals surface area contributed by atoms with Crippen LogP contribution in [0.2, 0.25) is 0 Å². The average molecular weight is 315 g/mol. The van der Waals surface area contributed by atoms with E-state index in [1.165, 1.54) is 0 Å². The Kier molecular flexibility index (Phi) is 5.05. The van der Waals surface area contributed by atoms with Crippen LogP contribution in [0.3, 0.4) is 0 Å². The van der Waals surface area contributed by atoms with Crippen LogP contribution < -0.4 is 0 Å². The zero-order chi connectivity index (χ0) is 16.2. The lowest BCUT2D eigenvalue weighted by Gasteiger charge is -2.40. The molecule has 0 spiro atoms. The molecule has 3 rings (SSSR count). The van der Waals surface area contributed by atoms with Crippen LogP contribution in [0.1, 0.15) is 19.5 Å². The van der Waals surface area contributed by atoms with Gasteiger partial charge in [0.25, 0.3) is 0 Å². The maximum absolute atomic E-state index is 9.56. The number of rotatable bonds is 5. The van der Waals surface area contributed by atoms with Crippen LogP contribution in [0.4, 0.5) is 0 Å². The van der Waals surface area contributed by atoms with Crippen molar-refractivity contribution in [3.8, 4) is 5.69 Å². The summed E-state index contributed by atoms with van der Waals surface area (Å²) < 4.78 is 0. The molecule has 2 unspecified atom stereocenters. The van der Waals surface area contributed by atoms with E-state index in [4.69, 9.17) is 0 Å². The zero-order valence-electron chi connectivity index (χ0n) is 13.8. The molecule has 2 aromatic rings. The summed E-state index contributed by atoms with van der Waals surface area (Å²) in [6, 6.07) is 10.4. The van der Waals surface area contributed by atoms with Crippen LogP contribution in [0, 0.1) is 0 Å². The molecule has 2 atom stereocenters. The van der Waals surface area contributed by atoms with Gasteiger partial charge in [0.1, 0.15) is 0 Å². The van der Waals surface area contributed by atoms with Crippen molar-refractivity contribution in [1.82, 2.24) is 24.8 Å². The van der Waals surface area contributed by atoms with Crippen molar-refractivity contribution in [2.75, 3.05) is 26.2 Å². The van der Waals surface area contributed by atoms with Crippen LogP contribution in [-0.2, 0) is 6.54 Å². The van der Waals surface area contributed by atoms with E-state index in [1.54, 1.807) is 4.80 Å². The smallest absolute Gasteiger partial charge is 0.0971 e. The van der Waals surface area contributed by atoms with E-state index < -0.39 is 0 Å². The number of β-amino-alcohol motifs (C(OH)–C–C–N with tert-alkyl or cyclic N) is 1. The second-order valence-electron chi connectivity index (χ2n) is 6.39. The number of aliphatic hydroxyl groups is 1. The minimum absolute atomic E-state index is 0.269. The normalized spacial score (nSPS) is 21.4. The fourth-order valence-electron chi connectivity index (χ4n) is 3.11. The SMILES string of the molecule is CC(O)CN1CCN(Cc2cnn(-c3ccccc3)n2)CC1C.